The molecule has 5 nitrogen and oxygen atoms in total. The SMILES string of the molecule is CCN(C)CCNC(=O)c1ccc(C)c(/C=C/C(=O)O)c1. The van der Waals surface area contributed by atoms with E-state index in [1.807, 2.05) is 20.0 Å². The maximum Gasteiger partial charge on any atom is 0.328 e. The largest absolute Gasteiger partial charge is 0.478 e. The Morgan fingerprint density at radius 2 is 2.10 bits per heavy atom. The Labute approximate surface area is 125 Å². The summed E-state index contributed by atoms with van der Waals surface area (Å²) in [7, 11) is 1.99. The molecule has 1 aromatic rings. The van der Waals surface area contributed by atoms with Crippen LogP contribution in [0.3, 0.4) is 0 Å². The van der Waals surface area contributed by atoms with Gasteiger partial charge in [-0.3, -0.25) is 4.79 Å². The third-order valence-corrected chi connectivity index (χ3v) is 3.27. The summed E-state index contributed by atoms with van der Waals surface area (Å²) in [5.74, 6) is -1.16. The topological polar surface area (TPSA) is 69.6 Å². The summed E-state index contributed by atoms with van der Waals surface area (Å²) >= 11 is 0. The molecule has 114 valence electrons. The number of carboxylic acid groups (broad SMARTS) is 1. The van der Waals surface area contributed by atoms with E-state index in [9.17, 15) is 9.59 Å². The highest BCUT2D eigenvalue weighted by Gasteiger charge is 2.07. The van der Waals surface area contributed by atoms with E-state index in [2.05, 4.69) is 17.1 Å². The highest BCUT2D eigenvalue weighted by Crippen LogP contribution is 2.13. The number of hydrogen-bond acceptors (Lipinski definition) is 3. The van der Waals surface area contributed by atoms with Gasteiger partial charge >= 0.3 is 5.97 Å². The molecule has 1 rings (SSSR count). The lowest BCUT2D eigenvalue weighted by atomic mass is 10.0. The Morgan fingerprint density at radius 3 is 2.71 bits per heavy atom. The average molecular weight is 290 g/mol. The number of likely N-dealkylation sites (N-methyl/N-ethyl adjacent to an activating group) is 1. The normalized spacial score (nSPS) is 11.0. The number of rotatable bonds is 7. The van der Waals surface area contributed by atoms with Crippen molar-refractivity contribution >= 4 is 18.0 Å². The van der Waals surface area contributed by atoms with E-state index in [-0.39, 0.29) is 5.91 Å². The highest BCUT2D eigenvalue weighted by atomic mass is 16.4. The number of carbonyl (C=O) groups excluding carboxylic acids is 1. The lowest BCUT2D eigenvalue weighted by molar-refractivity contribution is -0.131. The summed E-state index contributed by atoms with van der Waals surface area (Å²) in [6, 6.07) is 5.26. The molecule has 0 radical (unpaired) electrons. The Bertz CT molecular complexity index is 538. The van der Waals surface area contributed by atoms with Crippen molar-refractivity contribution in [1.29, 1.82) is 0 Å². The number of aryl methyl sites for hydroxylation is 1. The molecular formula is C16H22N2O3. The predicted molar refractivity (Wildman–Crippen MR) is 83.4 cm³/mol. The molecule has 0 atom stereocenters. The van der Waals surface area contributed by atoms with Crippen LogP contribution in [-0.2, 0) is 4.79 Å². The van der Waals surface area contributed by atoms with Crippen LogP contribution in [0.5, 0.6) is 0 Å². The summed E-state index contributed by atoms with van der Waals surface area (Å²) in [4.78, 5) is 24.7. The summed E-state index contributed by atoms with van der Waals surface area (Å²) in [6.45, 7) is 6.24. The van der Waals surface area contributed by atoms with Crippen molar-refractivity contribution in [2.45, 2.75) is 13.8 Å². The molecule has 2 N–H and O–H groups in total. The number of carboxylic acids is 1. The molecule has 21 heavy (non-hydrogen) atoms. The zero-order valence-electron chi connectivity index (χ0n) is 12.7. The van der Waals surface area contributed by atoms with E-state index in [0.717, 1.165) is 30.3 Å². The van der Waals surface area contributed by atoms with Crippen LogP contribution in [0, 0.1) is 6.92 Å². The number of aliphatic carboxylic acids is 1. The van der Waals surface area contributed by atoms with Crippen LogP contribution in [0.25, 0.3) is 6.08 Å². The highest BCUT2D eigenvalue weighted by molar-refractivity contribution is 5.95. The summed E-state index contributed by atoms with van der Waals surface area (Å²) in [5, 5.41) is 11.5. The van der Waals surface area contributed by atoms with Gasteiger partial charge in [0.25, 0.3) is 5.91 Å². The zero-order valence-corrected chi connectivity index (χ0v) is 12.7. The van der Waals surface area contributed by atoms with Crippen molar-refractivity contribution in [3.05, 3.63) is 41.0 Å². The van der Waals surface area contributed by atoms with Crippen LogP contribution in [0.1, 0.15) is 28.4 Å². The quantitative estimate of drug-likeness (QED) is 0.751. The number of benzene rings is 1. The fourth-order valence-corrected chi connectivity index (χ4v) is 1.74. The first-order chi connectivity index (χ1) is 9.93. The summed E-state index contributed by atoms with van der Waals surface area (Å²) in [5.41, 5.74) is 2.19. The number of nitrogens with one attached hydrogen (secondary N) is 1. The molecule has 0 unspecified atom stereocenters. The lowest BCUT2D eigenvalue weighted by Crippen LogP contribution is -2.32. The Kier molecular flexibility index (Phi) is 6.62. The van der Waals surface area contributed by atoms with Gasteiger partial charge in [-0.25, -0.2) is 4.79 Å². The first-order valence-electron chi connectivity index (χ1n) is 6.92. The van der Waals surface area contributed by atoms with Gasteiger partial charge in [-0.05, 0) is 49.9 Å². The smallest absolute Gasteiger partial charge is 0.328 e. The fraction of sp³-hybridized carbons (Fsp3) is 0.375. The van der Waals surface area contributed by atoms with Crippen molar-refractivity contribution in [1.82, 2.24) is 10.2 Å². The minimum absolute atomic E-state index is 0.149. The molecule has 0 aliphatic carbocycles. The molecule has 1 aromatic carbocycles. The Hall–Kier alpha value is -2.14. The van der Waals surface area contributed by atoms with Gasteiger partial charge in [-0.1, -0.05) is 13.0 Å². The van der Waals surface area contributed by atoms with Gasteiger partial charge in [0, 0.05) is 24.7 Å². The maximum atomic E-state index is 12.0. The molecular weight excluding hydrogens is 268 g/mol. The molecule has 0 bridgehead atoms. The molecule has 0 aliphatic heterocycles. The van der Waals surface area contributed by atoms with Crippen LogP contribution in [-0.4, -0.2) is 48.6 Å². The average Bonchev–Trinajstić information content (AvgIpc) is 2.45. The van der Waals surface area contributed by atoms with Gasteiger partial charge in [0.15, 0.2) is 0 Å². The fourth-order valence-electron chi connectivity index (χ4n) is 1.74. The summed E-state index contributed by atoms with van der Waals surface area (Å²) in [6.07, 6.45) is 2.57. The number of amides is 1. The van der Waals surface area contributed by atoms with Gasteiger partial charge in [0.1, 0.15) is 0 Å². The van der Waals surface area contributed by atoms with Gasteiger partial charge in [0.05, 0.1) is 0 Å². The van der Waals surface area contributed by atoms with Gasteiger partial charge in [-0.15, -0.1) is 0 Å². The summed E-state index contributed by atoms with van der Waals surface area (Å²) < 4.78 is 0. The van der Waals surface area contributed by atoms with E-state index >= 15 is 0 Å². The van der Waals surface area contributed by atoms with Gasteiger partial charge in [-0.2, -0.15) is 0 Å². The van der Waals surface area contributed by atoms with Gasteiger partial charge in [0.2, 0.25) is 0 Å². The second-order valence-electron chi connectivity index (χ2n) is 4.89. The minimum atomic E-state index is -1.01. The maximum absolute atomic E-state index is 12.0. The first kappa shape index (κ1) is 16.9. The second kappa shape index (κ2) is 8.21. The molecule has 0 aromatic heterocycles. The Balaban J connectivity index is 2.72. The molecule has 1 amide bonds. The monoisotopic (exact) mass is 290 g/mol. The lowest BCUT2D eigenvalue weighted by Gasteiger charge is -2.14. The van der Waals surface area contributed by atoms with Crippen LogP contribution in [0.4, 0.5) is 0 Å². The number of nitrogens with zero attached hydrogens (tertiary/aromatic N) is 1. The molecule has 0 saturated heterocycles. The van der Waals surface area contributed by atoms with Crippen molar-refractivity contribution in [3.63, 3.8) is 0 Å². The van der Waals surface area contributed by atoms with Crippen LogP contribution in [0.2, 0.25) is 0 Å². The van der Waals surface area contributed by atoms with E-state index < -0.39 is 5.97 Å². The number of carbonyl (C=O) groups is 2. The molecule has 0 heterocycles. The Morgan fingerprint density at radius 1 is 1.38 bits per heavy atom. The third kappa shape index (κ3) is 5.79. The van der Waals surface area contributed by atoms with E-state index in [0.29, 0.717) is 12.1 Å². The van der Waals surface area contributed by atoms with E-state index in [1.165, 1.54) is 6.08 Å². The minimum Gasteiger partial charge on any atom is -0.478 e. The van der Waals surface area contributed by atoms with E-state index in [1.54, 1.807) is 12.1 Å². The van der Waals surface area contributed by atoms with Crippen LogP contribution >= 0.6 is 0 Å². The van der Waals surface area contributed by atoms with E-state index in [4.69, 9.17) is 5.11 Å². The van der Waals surface area contributed by atoms with Crippen molar-refractivity contribution in [2.24, 2.45) is 0 Å². The van der Waals surface area contributed by atoms with Gasteiger partial charge < -0.3 is 15.3 Å². The van der Waals surface area contributed by atoms with Crippen molar-refractivity contribution in [3.8, 4) is 0 Å². The third-order valence-electron chi connectivity index (χ3n) is 3.27. The molecule has 0 saturated carbocycles. The standard InChI is InChI=1S/C16H22N2O3/c1-4-18(3)10-9-17-16(21)14-6-5-12(2)13(11-14)7-8-15(19)20/h5-8,11H,4,9-10H2,1-3H3,(H,17,21)(H,19,20)/b8-7+. The second-order valence-corrected chi connectivity index (χ2v) is 4.89. The zero-order chi connectivity index (χ0) is 15.8. The van der Waals surface area contributed by atoms with Crippen molar-refractivity contribution in [2.75, 3.05) is 26.7 Å². The molecule has 5 heteroatoms. The van der Waals surface area contributed by atoms with Crippen LogP contribution in [0.15, 0.2) is 24.3 Å². The molecule has 0 aliphatic rings. The van der Waals surface area contributed by atoms with Crippen LogP contribution < -0.4 is 5.32 Å². The number of hydrogen-bond donors (Lipinski definition) is 2. The first-order valence-corrected chi connectivity index (χ1v) is 6.92. The predicted octanol–water partition coefficient (Wildman–Crippen LogP) is 1.77. The molecule has 0 fully saturated rings. The van der Waals surface area contributed by atoms with Crippen molar-refractivity contribution < 1.29 is 14.7 Å². The molecule has 0 spiro atoms.